The van der Waals surface area contributed by atoms with Gasteiger partial charge in [0.1, 0.15) is 0 Å². The summed E-state index contributed by atoms with van der Waals surface area (Å²) in [6, 6.07) is 81.6. The molecular formula is C58H41N. The summed E-state index contributed by atoms with van der Waals surface area (Å²) in [5.41, 5.74) is 20.3. The average molecular weight is 752 g/mol. The summed E-state index contributed by atoms with van der Waals surface area (Å²) in [5.74, 6) is 0.687. The zero-order chi connectivity index (χ0) is 39.1. The summed E-state index contributed by atoms with van der Waals surface area (Å²) in [6.45, 7) is 2.40. The minimum atomic E-state index is -0.458. The molecule has 278 valence electrons. The lowest BCUT2D eigenvalue weighted by Gasteiger charge is -2.34. The first-order chi connectivity index (χ1) is 29.2. The molecule has 2 aliphatic carbocycles. The second-order valence-electron chi connectivity index (χ2n) is 16.4. The zero-order valence-corrected chi connectivity index (χ0v) is 32.9. The van der Waals surface area contributed by atoms with Crippen LogP contribution >= 0.6 is 0 Å². The summed E-state index contributed by atoms with van der Waals surface area (Å²) in [7, 11) is 0. The number of fused-ring (bicyclic) bond motifs is 9. The summed E-state index contributed by atoms with van der Waals surface area (Å²) in [5, 5.41) is 2.52. The molecule has 1 aromatic heterocycles. The molecule has 9 aromatic carbocycles. The normalized spacial score (nSPS) is 16.0. The Morgan fingerprint density at radius 1 is 0.390 bits per heavy atom. The highest BCUT2D eigenvalue weighted by Gasteiger charge is 2.46. The van der Waals surface area contributed by atoms with Crippen molar-refractivity contribution in [2.24, 2.45) is 0 Å². The minimum absolute atomic E-state index is 0.326. The molecule has 0 spiro atoms. The van der Waals surface area contributed by atoms with Gasteiger partial charge in [-0.25, -0.2) is 0 Å². The average Bonchev–Trinajstić information content (AvgIpc) is 3.80. The zero-order valence-electron chi connectivity index (χ0n) is 32.9. The lowest BCUT2D eigenvalue weighted by atomic mass is 9.67. The molecule has 59 heavy (non-hydrogen) atoms. The fourth-order valence-electron chi connectivity index (χ4n) is 11.0. The number of hydrogen-bond donors (Lipinski definition) is 0. The van der Waals surface area contributed by atoms with Gasteiger partial charge < -0.3 is 4.57 Å². The van der Waals surface area contributed by atoms with E-state index < -0.39 is 5.41 Å². The predicted octanol–water partition coefficient (Wildman–Crippen LogP) is 14.7. The number of hydrogen-bond acceptors (Lipinski definition) is 0. The molecule has 2 aliphatic rings. The van der Waals surface area contributed by atoms with E-state index in [1.54, 1.807) is 0 Å². The van der Waals surface area contributed by atoms with Crippen molar-refractivity contribution in [3.63, 3.8) is 0 Å². The van der Waals surface area contributed by atoms with Crippen LogP contribution in [0.25, 0.3) is 60.9 Å². The Labute approximate surface area is 345 Å². The summed E-state index contributed by atoms with van der Waals surface area (Å²) in [4.78, 5) is 0. The molecule has 0 N–H and O–H groups in total. The molecule has 2 unspecified atom stereocenters. The Morgan fingerprint density at radius 2 is 0.983 bits per heavy atom. The molecule has 0 bridgehead atoms. The SMILES string of the molecule is CC1c2ccc(-c3ccc4c(c3)c3ccccc3n4-c3ccc4c(c3)C(c3ccccc3)(c3ccccc3)c3ccccc3-4)cc2-c2ccccc2C1c1ccccc1. The van der Waals surface area contributed by atoms with Crippen LogP contribution in [0.2, 0.25) is 0 Å². The van der Waals surface area contributed by atoms with E-state index in [-0.39, 0.29) is 0 Å². The minimum Gasteiger partial charge on any atom is -0.309 e. The molecule has 0 aliphatic heterocycles. The quantitative estimate of drug-likeness (QED) is 0.165. The van der Waals surface area contributed by atoms with Gasteiger partial charge in [-0.3, -0.25) is 0 Å². The van der Waals surface area contributed by atoms with Crippen LogP contribution in [-0.2, 0) is 5.41 Å². The van der Waals surface area contributed by atoms with Gasteiger partial charge >= 0.3 is 0 Å². The van der Waals surface area contributed by atoms with Crippen LogP contribution in [0.15, 0.2) is 218 Å². The Kier molecular flexibility index (Phi) is 7.56. The first kappa shape index (κ1) is 33.9. The molecule has 1 heteroatoms. The van der Waals surface area contributed by atoms with E-state index in [1.807, 2.05) is 0 Å². The number of rotatable bonds is 5. The van der Waals surface area contributed by atoms with Crippen LogP contribution in [0.4, 0.5) is 0 Å². The third kappa shape index (κ3) is 4.92. The van der Waals surface area contributed by atoms with Gasteiger partial charge in [0.15, 0.2) is 0 Å². The smallest absolute Gasteiger partial charge is 0.0714 e. The third-order valence-electron chi connectivity index (χ3n) is 13.5. The van der Waals surface area contributed by atoms with E-state index in [4.69, 9.17) is 0 Å². The Balaban J connectivity index is 1.03. The van der Waals surface area contributed by atoms with Gasteiger partial charge in [0.05, 0.1) is 16.4 Å². The molecular weight excluding hydrogens is 711 g/mol. The second kappa shape index (κ2) is 13.2. The van der Waals surface area contributed by atoms with E-state index >= 15 is 0 Å². The molecule has 0 saturated heterocycles. The van der Waals surface area contributed by atoms with Crippen molar-refractivity contribution in [1.82, 2.24) is 4.57 Å². The monoisotopic (exact) mass is 751 g/mol. The van der Waals surface area contributed by atoms with Gasteiger partial charge in [-0.05, 0) is 115 Å². The number of benzene rings is 9. The molecule has 0 saturated carbocycles. The van der Waals surface area contributed by atoms with Crippen LogP contribution in [0.3, 0.4) is 0 Å². The van der Waals surface area contributed by atoms with Crippen LogP contribution in [-0.4, -0.2) is 4.57 Å². The van der Waals surface area contributed by atoms with E-state index in [0.29, 0.717) is 11.8 Å². The van der Waals surface area contributed by atoms with Crippen molar-refractivity contribution in [3.8, 4) is 39.1 Å². The van der Waals surface area contributed by atoms with Crippen molar-refractivity contribution in [2.75, 3.05) is 0 Å². The van der Waals surface area contributed by atoms with Crippen LogP contribution < -0.4 is 0 Å². The summed E-state index contributed by atoms with van der Waals surface area (Å²) >= 11 is 0. The van der Waals surface area contributed by atoms with E-state index in [2.05, 4.69) is 230 Å². The van der Waals surface area contributed by atoms with E-state index in [1.165, 1.54) is 99.8 Å². The second-order valence-corrected chi connectivity index (χ2v) is 16.4. The number of nitrogens with zero attached hydrogens (tertiary/aromatic N) is 1. The third-order valence-corrected chi connectivity index (χ3v) is 13.5. The highest BCUT2D eigenvalue weighted by molar-refractivity contribution is 6.10. The molecule has 1 nitrogen and oxygen atoms in total. The number of aromatic nitrogens is 1. The molecule has 10 aromatic rings. The molecule has 0 amide bonds. The standard InChI is InChI=1S/C58H41N/c1-38-45-32-29-40(35-51(45)46-23-11-12-26-50(46)57(38)39-17-5-2-6-18-39)41-30-34-56-52(36-41)49-25-14-16-28-55(49)59(56)44-31-33-48-47-24-13-15-27-53(47)58(54(48)37-44,42-19-7-3-8-20-42)43-21-9-4-10-22-43/h2-38,57H,1H3. The van der Waals surface area contributed by atoms with Gasteiger partial charge in [-0.1, -0.05) is 189 Å². The molecule has 0 radical (unpaired) electrons. The maximum Gasteiger partial charge on any atom is 0.0714 e. The maximum absolute atomic E-state index is 2.48. The molecule has 2 atom stereocenters. The topological polar surface area (TPSA) is 4.93 Å². The van der Waals surface area contributed by atoms with Gasteiger partial charge in [0.25, 0.3) is 0 Å². The van der Waals surface area contributed by atoms with E-state index in [9.17, 15) is 0 Å². The molecule has 12 rings (SSSR count). The highest BCUT2D eigenvalue weighted by Crippen LogP contribution is 2.57. The van der Waals surface area contributed by atoms with Gasteiger partial charge in [-0.15, -0.1) is 0 Å². The van der Waals surface area contributed by atoms with Crippen molar-refractivity contribution in [3.05, 3.63) is 257 Å². The maximum atomic E-state index is 2.48. The largest absolute Gasteiger partial charge is 0.309 e. The lowest BCUT2D eigenvalue weighted by Crippen LogP contribution is -2.28. The van der Waals surface area contributed by atoms with Crippen molar-refractivity contribution >= 4 is 21.8 Å². The van der Waals surface area contributed by atoms with Crippen molar-refractivity contribution in [1.29, 1.82) is 0 Å². The fraction of sp³-hybridized carbons (Fsp3) is 0.0690. The molecule has 1 heterocycles. The summed E-state index contributed by atoms with van der Waals surface area (Å²) in [6.07, 6.45) is 0. The first-order valence-electron chi connectivity index (χ1n) is 20.9. The fourth-order valence-corrected chi connectivity index (χ4v) is 11.0. The Hall–Kier alpha value is -7.22. The lowest BCUT2D eigenvalue weighted by molar-refractivity contribution is 0.649. The number of para-hydroxylation sites is 1. The van der Waals surface area contributed by atoms with E-state index in [0.717, 1.165) is 0 Å². The van der Waals surface area contributed by atoms with Gasteiger partial charge in [0.2, 0.25) is 0 Å². The Morgan fingerprint density at radius 3 is 1.76 bits per heavy atom. The van der Waals surface area contributed by atoms with Crippen molar-refractivity contribution < 1.29 is 0 Å². The Bertz CT molecular complexity index is 3190. The summed E-state index contributed by atoms with van der Waals surface area (Å²) < 4.78 is 2.48. The van der Waals surface area contributed by atoms with Crippen molar-refractivity contribution in [2.45, 2.75) is 24.2 Å². The first-order valence-corrected chi connectivity index (χ1v) is 20.9. The molecule has 0 fully saturated rings. The van der Waals surface area contributed by atoms with Crippen LogP contribution in [0.1, 0.15) is 57.7 Å². The predicted molar refractivity (Wildman–Crippen MR) is 246 cm³/mol. The van der Waals surface area contributed by atoms with Gasteiger partial charge in [-0.2, -0.15) is 0 Å². The van der Waals surface area contributed by atoms with Crippen LogP contribution in [0, 0.1) is 0 Å². The van der Waals surface area contributed by atoms with Crippen LogP contribution in [0.5, 0.6) is 0 Å². The van der Waals surface area contributed by atoms with Gasteiger partial charge in [0, 0.05) is 22.4 Å². The highest BCUT2D eigenvalue weighted by atomic mass is 15.0.